The molecule has 3 N–H and O–H groups in total. The van der Waals surface area contributed by atoms with Crippen LogP contribution in [0.1, 0.15) is 24.9 Å². The summed E-state index contributed by atoms with van der Waals surface area (Å²) in [5, 5.41) is 21.7. The first-order valence-corrected chi connectivity index (χ1v) is 7.00. The van der Waals surface area contributed by atoms with E-state index in [1.165, 1.54) is 4.90 Å². The molecule has 1 saturated heterocycles. The number of carboxylic acids is 1. The monoisotopic (exact) mass is 292 g/mol. The van der Waals surface area contributed by atoms with E-state index in [9.17, 15) is 14.7 Å². The highest BCUT2D eigenvalue weighted by molar-refractivity contribution is 5.73. The molecule has 1 heterocycles. The van der Waals surface area contributed by atoms with Crippen LogP contribution in [0.5, 0.6) is 0 Å². The van der Waals surface area contributed by atoms with Crippen molar-refractivity contribution in [3.8, 4) is 0 Å². The highest BCUT2D eigenvalue weighted by Crippen LogP contribution is 2.22. The van der Waals surface area contributed by atoms with Crippen molar-refractivity contribution >= 4 is 12.1 Å². The number of carbonyl (C=O) groups is 2. The lowest BCUT2D eigenvalue weighted by Crippen LogP contribution is -2.53. The van der Waals surface area contributed by atoms with E-state index >= 15 is 0 Å². The van der Waals surface area contributed by atoms with Gasteiger partial charge in [0.2, 0.25) is 0 Å². The predicted molar refractivity (Wildman–Crippen MR) is 77.1 cm³/mol. The van der Waals surface area contributed by atoms with Crippen molar-refractivity contribution < 1.29 is 19.8 Å². The van der Waals surface area contributed by atoms with Gasteiger partial charge in [-0.05, 0) is 18.9 Å². The molecular formula is C15H20N2O4. The first-order valence-electron chi connectivity index (χ1n) is 7.00. The van der Waals surface area contributed by atoms with Gasteiger partial charge in [0.05, 0.1) is 5.92 Å². The topological polar surface area (TPSA) is 89.9 Å². The average Bonchev–Trinajstić information content (AvgIpc) is 2.48. The van der Waals surface area contributed by atoms with Gasteiger partial charge in [0.25, 0.3) is 0 Å². The second kappa shape index (κ2) is 6.58. The Bertz CT molecular complexity index is 506. The smallest absolute Gasteiger partial charge is 0.407 e. The Morgan fingerprint density at radius 1 is 1.29 bits per heavy atom. The average molecular weight is 292 g/mol. The van der Waals surface area contributed by atoms with Crippen LogP contribution in [-0.4, -0.2) is 46.3 Å². The Balaban J connectivity index is 2.04. The molecule has 1 amide bonds. The molecule has 1 aromatic rings. The number of hydrogen-bond donors (Lipinski definition) is 3. The van der Waals surface area contributed by atoms with E-state index in [1.54, 1.807) is 0 Å². The zero-order valence-corrected chi connectivity index (χ0v) is 11.9. The van der Waals surface area contributed by atoms with Gasteiger partial charge in [-0.3, -0.25) is 4.79 Å². The zero-order valence-electron chi connectivity index (χ0n) is 11.9. The lowest BCUT2D eigenvalue weighted by Gasteiger charge is -2.37. The van der Waals surface area contributed by atoms with Crippen molar-refractivity contribution in [2.75, 3.05) is 13.1 Å². The first-order chi connectivity index (χ1) is 9.99. The number of carboxylic acid groups (broad SMARTS) is 2. The largest absolute Gasteiger partial charge is 0.481 e. The summed E-state index contributed by atoms with van der Waals surface area (Å²) in [6, 6.07) is 9.58. The summed E-state index contributed by atoms with van der Waals surface area (Å²) in [6.45, 7) is 2.37. The van der Waals surface area contributed by atoms with Crippen LogP contribution in [-0.2, 0) is 4.79 Å². The van der Waals surface area contributed by atoms with Crippen molar-refractivity contribution in [1.29, 1.82) is 0 Å². The van der Waals surface area contributed by atoms with E-state index in [0.29, 0.717) is 13.0 Å². The second-order valence-corrected chi connectivity index (χ2v) is 5.37. The van der Waals surface area contributed by atoms with Crippen molar-refractivity contribution in [3.63, 3.8) is 0 Å². The number of benzene rings is 1. The molecule has 1 aliphatic rings. The fourth-order valence-electron chi connectivity index (χ4n) is 2.73. The van der Waals surface area contributed by atoms with Gasteiger partial charge in [0, 0.05) is 25.2 Å². The molecule has 1 fully saturated rings. The van der Waals surface area contributed by atoms with Crippen LogP contribution in [0.4, 0.5) is 4.79 Å². The highest BCUT2D eigenvalue weighted by Gasteiger charge is 2.36. The van der Waals surface area contributed by atoms with Gasteiger partial charge in [-0.15, -0.1) is 0 Å². The molecule has 0 unspecified atom stereocenters. The van der Waals surface area contributed by atoms with Crippen molar-refractivity contribution in [1.82, 2.24) is 10.2 Å². The van der Waals surface area contributed by atoms with Crippen LogP contribution in [0.25, 0.3) is 0 Å². The maximum Gasteiger partial charge on any atom is 0.407 e. The van der Waals surface area contributed by atoms with Crippen molar-refractivity contribution in [2.24, 2.45) is 5.92 Å². The molecule has 0 bridgehead atoms. The molecule has 114 valence electrons. The molecule has 0 aromatic heterocycles. The van der Waals surface area contributed by atoms with Crippen LogP contribution in [0.15, 0.2) is 30.3 Å². The van der Waals surface area contributed by atoms with Gasteiger partial charge in [0.15, 0.2) is 0 Å². The highest BCUT2D eigenvalue weighted by atomic mass is 16.4. The van der Waals surface area contributed by atoms with Crippen LogP contribution in [0.3, 0.4) is 0 Å². The van der Waals surface area contributed by atoms with Gasteiger partial charge in [-0.2, -0.15) is 0 Å². The van der Waals surface area contributed by atoms with Crippen LogP contribution in [0.2, 0.25) is 0 Å². The Hall–Kier alpha value is -2.08. The summed E-state index contributed by atoms with van der Waals surface area (Å²) in [4.78, 5) is 23.5. The van der Waals surface area contributed by atoms with E-state index in [0.717, 1.165) is 5.56 Å². The third-order valence-corrected chi connectivity index (χ3v) is 3.96. The molecule has 0 radical (unpaired) electrons. The Labute approximate surface area is 123 Å². The summed E-state index contributed by atoms with van der Waals surface area (Å²) in [6.07, 6.45) is -0.559. The number of aliphatic carboxylic acids is 1. The summed E-state index contributed by atoms with van der Waals surface area (Å²) in [5.74, 6) is -1.68. The minimum absolute atomic E-state index is 0.0226. The van der Waals surface area contributed by atoms with Gasteiger partial charge in [-0.1, -0.05) is 30.3 Å². The maximum atomic E-state index is 11.4. The molecule has 2 rings (SSSR count). The summed E-state index contributed by atoms with van der Waals surface area (Å²) in [5.41, 5.74) is 1.09. The molecule has 21 heavy (non-hydrogen) atoms. The van der Waals surface area contributed by atoms with E-state index in [-0.39, 0.29) is 18.6 Å². The molecule has 3 atom stereocenters. The number of nitrogens with zero attached hydrogens (tertiary/aromatic N) is 1. The van der Waals surface area contributed by atoms with Crippen molar-refractivity contribution in [3.05, 3.63) is 35.9 Å². The number of rotatable bonds is 4. The van der Waals surface area contributed by atoms with Crippen LogP contribution < -0.4 is 5.32 Å². The molecule has 1 aromatic carbocycles. The van der Waals surface area contributed by atoms with Crippen LogP contribution >= 0.6 is 0 Å². The summed E-state index contributed by atoms with van der Waals surface area (Å²) < 4.78 is 0. The number of piperidine rings is 1. The minimum atomic E-state index is -1.06. The number of hydrogen-bond acceptors (Lipinski definition) is 3. The maximum absolute atomic E-state index is 11.4. The fourth-order valence-corrected chi connectivity index (χ4v) is 2.73. The van der Waals surface area contributed by atoms with Crippen molar-refractivity contribution in [2.45, 2.75) is 25.4 Å². The molecule has 1 aliphatic heterocycles. The lowest BCUT2D eigenvalue weighted by atomic mass is 9.91. The normalized spacial score (nSPS) is 23.6. The van der Waals surface area contributed by atoms with E-state index < -0.39 is 18.0 Å². The zero-order chi connectivity index (χ0) is 15.4. The molecule has 0 spiro atoms. The van der Waals surface area contributed by atoms with E-state index in [2.05, 4.69) is 5.32 Å². The molecule has 0 aliphatic carbocycles. The Morgan fingerprint density at radius 3 is 2.52 bits per heavy atom. The summed E-state index contributed by atoms with van der Waals surface area (Å²) in [7, 11) is 0. The number of likely N-dealkylation sites (tertiary alicyclic amines) is 1. The third kappa shape index (κ3) is 3.72. The lowest BCUT2D eigenvalue weighted by molar-refractivity contribution is -0.144. The van der Waals surface area contributed by atoms with E-state index in [1.807, 2.05) is 37.3 Å². The fraction of sp³-hybridized carbons (Fsp3) is 0.467. The van der Waals surface area contributed by atoms with Gasteiger partial charge < -0.3 is 20.4 Å². The molecule has 0 saturated carbocycles. The van der Waals surface area contributed by atoms with Crippen LogP contribution in [0, 0.1) is 5.92 Å². The predicted octanol–water partition coefficient (Wildman–Crippen LogP) is 1.79. The van der Waals surface area contributed by atoms with E-state index in [4.69, 9.17) is 5.11 Å². The summed E-state index contributed by atoms with van der Waals surface area (Å²) >= 11 is 0. The molecule has 6 nitrogen and oxygen atoms in total. The minimum Gasteiger partial charge on any atom is -0.481 e. The van der Waals surface area contributed by atoms with Gasteiger partial charge in [0.1, 0.15) is 0 Å². The standard InChI is InChI=1S/C15H20N2O4/c1-10(11-5-3-2-4-6-11)16-13-7-8-17(15(20)21)9-12(13)14(18)19/h2-6,10,12-13,16H,7-9H2,1H3,(H,18,19)(H,20,21)/t10-,12-,13-/m0/s1. The Kier molecular flexibility index (Phi) is 4.80. The number of amides is 1. The van der Waals surface area contributed by atoms with Gasteiger partial charge >= 0.3 is 12.1 Å². The second-order valence-electron chi connectivity index (χ2n) is 5.37. The SMILES string of the molecule is C[C@H](N[C@H]1CCN(C(=O)O)C[C@@H]1C(=O)O)c1ccccc1. The third-order valence-electron chi connectivity index (χ3n) is 3.96. The Morgan fingerprint density at radius 2 is 1.95 bits per heavy atom. The molecule has 6 heteroatoms. The molecular weight excluding hydrogens is 272 g/mol. The quantitative estimate of drug-likeness (QED) is 0.787. The number of nitrogens with one attached hydrogen (secondary N) is 1. The first kappa shape index (κ1) is 15.3. The van der Waals surface area contributed by atoms with Gasteiger partial charge in [-0.25, -0.2) is 4.79 Å².